The van der Waals surface area contributed by atoms with Crippen LogP contribution in [0.25, 0.3) is 0 Å². The molecule has 1 fully saturated rings. The maximum absolute atomic E-state index is 4.12. The van der Waals surface area contributed by atoms with Crippen LogP contribution >= 0.6 is 0 Å². The Morgan fingerprint density at radius 3 is 2.89 bits per heavy atom. The van der Waals surface area contributed by atoms with Crippen molar-refractivity contribution in [3.63, 3.8) is 0 Å². The summed E-state index contributed by atoms with van der Waals surface area (Å²) in [6, 6.07) is 10.8. The number of benzene rings is 1. The molecule has 1 N–H and O–H groups in total. The van der Waals surface area contributed by atoms with Gasteiger partial charge in [0.15, 0.2) is 0 Å². The van der Waals surface area contributed by atoms with Crippen molar-refractivity contribution in [3.8, 4) is 0 Å². The molecule has 1 aromatic heterocycles. The Bertz CT molecular complexity index is 530. The molecule has 2 heteroatoms. The standard InChI is InChI=1S/C16H18N2/c1-12-4-7-16(13-5-6-13)14(9-12)10-18-15-3-2-8-17-11-15/h2-4,7-9,11,13,18H,5-6,10H2,1H3. The highest BCUT2D eigenvalue weighted by Gasteiger charge is 2.25. The summed E-state index contributed by atoms with van der Waals surface area (Å²) in [4.78, 5) is 4.12. The number of pyridine rings is 1. The first kappa shape index (κ1) is 11.3. The van der Waals surface area contributed by atoms with Crippen molar-refractivity contribution in [2.75, 3.05) is 5.32 Å². The highest BCUT2D eigenvalue weighted by atomic mass is 14.9. The van der Waals surface area contributed by atoms with E-state index >= 15 is 0 Å². The zero-order valence-corrected chi connectivity index (χ0v) is 10.7. The fourth-order valence-corrected chi connectivity index (χ4v) is 2.34. The van der Waals surface area contributed by atoms with Gasteiger partial charge in [-0.2, -0.15) is 0 Å². The maximum Gasteiger partial charge on any atom is 0.0529 e. The van der Waals surface area contributed by atoms with Crippen LogP contribution in [0.15, 0.2) is 42.7 Å². The second-order valence-electron chi connectivity index (χ2n) is 5.07. The fraction of sp³-hybridized carbons (Fsp3) is 0.312. The summed E-state index contributed by atoms with van der Waals surface area (Å²) in [5.74, 6) is 0.802. The summed E-state index contributed by atoms with van der Waals surface area (Å²) < 4.78 is 0. The van der Waals surface area contributed by atoms with E-state index in [9.17, 15) is 0 Å². The number of nitrogens with zero attached hydrogens (tertiary/aromatic N) is 1. The molecular weight excluding hydrogens is 220 g/mol. The number of aryl methyl sites for hydroxylation is 1. The van der Waals surface area contributed by atoms with Crippen LogP contribution in [0.5, 0.6) is 0 Å². The van der Waals surface area contributed by atoms with E-state index in [1.165, 1.54) is 29.5 Å². The molecule has 0 aliphatic heterocycles. The Kier molecular flexibility index (Phi) is 3.01. The van der Waals surface area contributed by atoms with Gasteiger partial charge in [-0.25, -0.2) is 0 Å². The van der Waals surface area contributed by atoms with E-state index in [0.29, 0.717) is 0 Å². The van der Waals surface area contributed by atoms with Gasteiger partial charge in [0, 0.05) is 18.9 Å². The molecule has 0 spiro atoms. The van der Waals surface area contributed by atoms with E-state index in [4.69, 9.17) is 0 Å². The van der Waals surface area contributed by atoms with Crippen molar-refractivity contribution >= 4 is 5.69 Å². The average molecular weight is 238 g/mol. The Balaban J connectivity index is 1.77. The van der Waals surface area contributed by atoms with E-state index in [-0.39, 0.29) is 0 Å². The molecule has 0 bridgehead atoms. The van der Waals surface area contributed by atoms with Crippen LogP contribution in [0.2, 0.25) is 0 Å². The molecule has 1 heterocycles. The van der Waals surface area contributed by atoms with E-state index in [0.717, 1.165) is 18.2 Å². The second-order valence-corrected chi connectivity index (χ2v) is 5.07. The first-order valence-corrected chi connectivity index (χ1v) is 6.56. The van der Waals surface area contributed by atoms with Crippen molar-refractivity contribution in [3.05, 3.63) is 59.4 Å². The van der Waals surface area contributed by atoms with Gasteiger partial charge in [0.25, 0.3) is 0 Å². The zero-order chi connectivity index (χ0) is 12.4. The topological polar surface area (TPSA) is 24.9 Å². The van der Waals surface area contributed by atoms with E-state index < -0.39 is 0 Å². The van der Waals surface area contributed by atoms with E-state index in [2.05, 4.69) is 41.5 Å². The van der Waals surface area contributed by atoms with Crippen LogP contribution < -0.4 is 5.32 Å². The average Bonchev–Trinajstić information content (AvgIpc) is 3.22. The summed E-state index contributed by atoms with van der Waals surface area (Å²) >= 11 is 0. The van der Waals surface area contributed by atoms with Crippen LogP contribution in [-0.4, -0.2) is 4.98 Å². The molecule has 3 rings (SSSR count). The third-order valence-corrected chi connectivity index (χ3v) is 3.46. The molecule has 0 atom stereocenters. The lowest BCUT2D eigenvalue weighted by molar-refractivity contribution is 1.03. The fourth-order valence-electron chi connectivity index (χ4n) is 2.34. The first-order chi connectivity index (χ1) is 8.83. The van der Waals surface area contributed by atoms with Crippen LogP contribution in [0, 0.1) is 6.92 Å². The molecule has 0 unspecified atom stereocenters. The predicted molar refractivity (Wildman–Crippen MR) is 74.7 cm³/mol. The third-order valence-electron chi connectivity index (χ3n) is 3.46. The SMILES string of the molecule is Cc1ccc(C2CC2)c(CNc2cccnc2)c1. The summed E-state index contributed by atoms with van der Waals surface area (Å²) in [6.07, 6.45) is 6.37. The highest BCUT2D eigenvalue weighted by molar-refractivity contribution is 5.43. The quantitative estimate of drug-likeness (QED) is 0.874. The normalized spacial score (nSPS) is 14.5. The van der Waals surface area contributed by atoms with Crippen LogP contribution in [0.3, 0.4) is 0 Å². The maximum atomic E-state index is 4.12. The van der Waals surface area contributed by atoms with Gasteiger partial charge in [-0.3, -0.25) is 4.98 Å². The molecule has 18 heavy (non-hydrogen) atoms. The lowest BCUT2D eigenvalue weighted by Gasteiger charge is -2.12. The van der Waals surface area contributed by atoms with Crippen molar-refractivity contribution in [1.29, 1.82) is 0 Å². The third kappa shape index (κ3) is 2.53. The van der Waals surface area contributed by atoms with Gasteiger partial charge in [0.05, 0.1) is 5.69 Å². The van der Waals surface area contributed by atoms with E-state index in [1.807, 2.05) is 12.3 Å². The number of anilines is 1. The summed E-state index contributed by atoms with van der Waals surface area (Å²) in [7, 11) is 0. The molecule has 1 aliphatic rings. The molecule has 92 valence electrons. The molecule has 1 aromatic carbocycles. The first-order valence-electron chi connectivity index (χ1n) is 6.56. The summed E-state index contributed by atoms with van der Waals surface area (Å²) in [5, 5.41) is 3.45. The van der Waals surface area contributed by atoms with Crippen molar-refractivity contribution < 1.29 is 0 Å². The van der Waals surface area contributed by atoms with Gasteiger partial charge in [-0.1, -0.05) is 23.8 Å². The molecule has 2 aromatic rings. The number of rotatable bonds is 4. The molecule has 1 saturated carbocycles. The second kappa shape index (κ2) is 4.81. The number of nitrogens with one attached hydrogen (secondary N) is 1. The minimum Gasteiger partial charge on any atom is -0.380 e. The van der Waals surface area contributed by atoms with Gasteiger partial charge < -0.3 is 5.32 Å². The summed E-state index contributed by atoms with van der Waals surface area (Å²) in [6.45, 7) is 3.05. The van der Waals surface area contributed by atoms with Gasteiger partial charge in [-0.05, 0) is 48.9 Å². The number of aromatic nitrogens is 1. The zero-order valence-electron chi connectivity index (χ0n) is 10.7. The smallest absolute Gasteiger partial charge is 0.0529 e. The lowest BCUT2D eigenvalue weighted by atomic mass is 10.0. The monoisotopic (exact) mass is 238 g/mol. The molecule has 0 radical (unpaired) electrons. The van der Waals surface area contributed by atoms with Gasteiger partial charge in [-0.15, -0.1) is 0 Å². The molecule has 2 nitrogen and oxygen atoms in total. The van der Waals surface area contributed by atoms with Gasteiger partial charge in [0.2, 0.25) is 0 Å². The Morgan fingerprint density at radius 1 is 1.28 bits per heavy atom. The van der Waals surface area contributed by atoms with Crippen LogP contribution in [0.4, 0.5) is 5.69 Å². The van der Waals surface area contributed by atoms with Crippen molar-refractivity contribution in [2.45, 2.75) is 32.2 Å². The van der Waals surface area contributed by atoms with Crippen LogP contribution in [0.1, 0.15) is 35.4 Å². The Hall–Kier alpha value is -1.83. The molecule has 0 amide bonds. The molecule has 1 aliphatic carbocycles. The Labute approximate surface area is 108 Å². The molecular formula is C16H18N2. The highest BCUT2D eigenvalue weighted by Crippen LogP contribution is 2.41. The van der Waals surface area contributed by atoms with Gasteiger partial charge in [0.1, 0.15) is 0 Å². The minimum atomic E-state index is 0.802. The Morgan fingerprint density at radius 2 is 2.17 bits per heavy atom. The van der Waals surface area contributed by atoms with E-state index in [1.54, 1.807) is 6.20 Å². The minimum absolute atomic E-state index is 0.802. The largest absolute Gasteiger partial charge is 0.380 e. The van der Waals surface area contributed by atoms with Crippen LogP contribution in [-0.2, 0) is 6.54 Å². The predicted octanol–water partition coefficient (Wildman–Crippen LogP) is 3.88. The van der Waals surface area contributed by atoms with Crippen molar-refractivity contribution in [1.82, 2.24) is 4.98 Å². The van der Waals surface area contributed by atoms with Crippen molar-refractivity contribution in [2.24, 2.45) is 0 Å². The van der Waals surface area contributed by atoms with Gasteiger partial charge >= 0.3 is 0 Å². The molecule has 0 saturated heterocycles. The summed E-state index contributed by atoms with van der Waals surface area (Å²) in [5.41, 5.74) is 5.38. The number of hydrogen-bond donors (Lipinski definition) is 1. The number of hydrogen-bond acceptors (Lipinski definition) is 2. The lowest BCUT2D eigenvalue weighted by Crippen LogP contribution is -2.03.